The Bertz CT molecular complexity index is 1010. The number of aromatic nitrogens is 4. The molecule has 2 fully saturated rings. The molecule has 1 aliphatic carbocycles. The highest BCUT2D eigenvalue weighted by molar-refractivity contribution is 5.56. The maximum atomic E-state index is 12.4. The Labute approximate surface area is 163 Å². The van der Waals surface area contributed by atoms with Crippen molar-refractivity contribution in [2.75, 3.05) is 6.54 Å². The van der Waals surface area contributed by atoms with Crippen molar-refractivity contribution in [2.45, 2.75) is 50.7 Å². The van der Waals surface area contributed by atoms with E-state index in [0.29, 0.717) is 12.5 Å². The highest BCUT2D eigenvalue weighted by atomic mass is 16.5. The van der Waals surface area contributed by atoms with E-state index in [2.05, 4.69) is 20.1 Å². The normalized spacial score (nSPS) is 19.9. The van der Waals surface area contributed by atoms with Crippen LogP contribution < -0.4 is 5.56 Å². The summed E-state index contributed by atoms with van der Waals surface area (Å²) < 4.78 is 7.08. The van der Waals surface area contributed by atoms with E-state index in [1.54, 1.807) is 29.2 Å². The van der Waals surface area contributed by atoms with Gasteiger partial charge in [0.25, 0.3) is 5.56 Å². The third kappa shape index (κ3) is 3.49. The summed E-state index contributed by atoms with van der Waals surface area (Å²) in [5.74, 6) is 1.61. The van der Waals surface area contributed by atoms with E-state index in [1.165, 1.54) is 18.4 Å². The van der Waals surface area contributed by atoms with Crippen LogP contribution >= 0.6 is 0 Å². The fourth-order valence-corrected chi connectivity index (χ4v) is 4.05. The van der Waals surface area contributed by atoms with Gasteiger partial charge in [-0.15, -0.1) is 0 Å². The molecule has 28 heavy (non-hydrogen) atoms. The third-order valence-electron chi connectivity index (χ3n) is 5.70. The molecule has 5 rings (SSSR count). The second-order valence-electron chi connectivity index (χ2n) is 7.74. The molecule has 7 heteroatoms. The van der Waals surface area contributed by atoms with Crippen LogP contribution in [-0.4, -0.2) is 37.4 Å². The maximum Gasteiger partial charge on any atom is 0.266 e. The van der Waals surface area contributed by atoms with Gasteiger partial charge in [0.05, 0.1) is 18.4 Å². The summed E-state index contributed by atoms with van der Waals surface area (Å²) in [6.45, 7) is 2.45. The lowest BCUT2D eigenvalue weighted by atomic mass is 10.1. The smallest absolute Gasteiger partial charge is 0.266 e. The van der Waals surface area contributed by atoms with Crippen molar-refractivity contribution in [3.63, 3.8) is 0 Å². The van der Waals surface area contributed by atoms with Crippen LogP contribution in [0.4, 0.5) is 0 Å². The summed E-state index contributed by atoms with van der Waals surface area (Å²) in [6, 6.07) is 7.48. The summed E-state index contributed by atoms with van der Waals surface area (Å²) in [5, 5.41) is 8.62. The van der Waals surface area contributed by atoms with E-state index in [4.69, 9.17) is 4.52 Å². The average Bonchev–Trinajstić information content (AvgIpc) is 3.31. The lowest BCUT2D eigenvalue weighted by molar-refractivity contribution is 0.215. The first kappa shape index (κ1) is 17.3. The predicted octanol–water partition coefficient (Wildman–Crippen LogP) is 2.84. The zero-order chi connectivity index (χ0) is 18.9. The highest BCUT2D eigenvalue weighted by Crippen LogP contribution is 2.42. The third-order valence-corrected chi connectivity index (χ3v) is 5.70. The van der Waals surface area contributed by atoms with Crippen LogP contribution in [0, 0.1) is 0 Å². The molecule has 0 amide bonds. The molecule has 3 aromatic heterocycles. The molecule has 7 nitrogen and oxygen atoms in total. The van der Waals surface area contributed by atoms with Gasteiger partial charge in [-0.3, -0.25) is 14.7 Å². The molecule has 1 saturated carbocycles. The summed E-state index contributed by atoms with van der Waals surface area (Å²) in [4.78, 5) is 19.0. The van der Waals surface area contributed by atoms with Crippen LogP contribution in [0.2, 0.25) is 0 Å². The van der Waals surface area contributed by atoms with Crippen molar-refractivity contribution in [3.8, 4) is 11.3 Å². The Kier molecular flexibility index (Phi) is 4.52. The molecule has 3 aromatic rings. The van der Waals surface area contributed by atoms with Crippen LogP contribution in [0.25, 0.3) is 11.3 Å². The van der Waals surface area contributed by atoms with E-state index in [0.717, 1.165) is 42.9 Å². The molecular weight excluding hydrogens is 354 g/mol. The molecule has 0 aromatic carbocycles. The van der Waals surface area contributed by atoms with Crippen molar-refractivity contribution in [1.29, 1.82) is 0 Å². The number of rotatable bonds is 6. The van der Waals surface area contributed by atoms with E-state index in [9.17, 15) is 4.79 Å². The lowest BCUT2D eigenvalue weighted by Crippen LogP contribution is -2.36. The SMILES string of the molecule is O=c1ccc(-c2cccnc2)nn1CC1CCCN1Cc1cnoc1C1CC1. The van der Waals surface area contributed by atoms with Crippen molar-refractivity contribution < 1.29 is 4.52 Å². The fourth-order valence-electron chi connectivity index (χ4n) is 4.05. The van der Waals surface area contributed by atoms with Crippen molar-refractivity contribution in [3.05, 3.63) is 64.5 Å². The van der Waals surface area contributed by atoms with Crippen molar-refractivity contribution in [2.24, 2.45) is 0 Å². The molecule has 4 heterocycles. The fraction of sp³-hybridized carbons (Fsp3) is 0.429. The molecule has 1 atom stereocenters. The Morgan fingerprint density at radius 2 is 2.07 bits per heavy atom. The lowest BCUT2D eigenvalue weighted by Gasteiger charge is -2.24. The van der Waals surface area contributed by atoms with Crippen LogP contribution in [0.5, 0.6) is 0 Å². The van der Waals surface area contributed by atoms with Crippen LogP contribution in [0.3, 0.4) is 0 Å². The molecule has 1 aliphatic heterocycles. The molecule has 0 radical (unpaired) electrons. The first-order chi connectivity index (χ1) is 13.8. The number of nitrogens with zero attached hydrogens (tertiary/aromatic N) is 5. The molecule has 1 unspecified atom stereocenters. The molecular formula is C21H23N5O2. The van der Waals surface area contributed by atoms with E-state index in [1.807, 2.05) is 18.3 Å². The molecule has 144 valence electrons. The van der Waals surface area contributed by atoms with E-state index < -0.39 is 0 Å². The van der Waals surface area contributed by atoms with E-state index >= 15 is 0 Å². The quantitative estimate of drug-likeness (QED) is 0.657. The molecule has 0 N–H and O–H groups in total. The minimum Gasteiger partial charge on any atom is -0.361 e. The Morgan fingerprint density at radius 1 is 1.14 bits per heavy atom. The largest absolute Gasteiger partial charge is 0.361 e. The summed E-state index contributed by atoms with van der Waals surface area (Å²) in [7, 11) is 0. The maximum absolute atomic E-state index is 12.4. The molecule has 2 aliphatic rings. The Morgan fingerprint density at radius 3 is 2.89 bits per heavy atom. The summed E-state index contributed by atoms with van der Waals surface area (Å²) in [5.41, 5.74) is 2.81. The van der Waals surface area contributed by atoms with Crippen molar-refractivity contribution >= 4 is 0 Å². The van der Waals surface area contributed by atoms with Crippen molar-refractivity contribution in [1.82, 2.24) is 24.8 Å². The minimum absolute atomic E-state index is 0.0665. The second-order valence-corrected chi connectivity index (χ2v) is 7.74. The topological polar surface area (TPSA) is 77.1 Å². The van der Waals surface area contributed by atoms with Gasteiger partial charge in [-0.25, -0.2) is 4.68 Å². The van der Waals surface area contributed by atoms with Gasteiger partial charge in [-0.05, 0) is 50.4 Å². The average molecular weight is 377 g/mol. The number of hydrogen-bond donors (Lipinski definition) is 0. The number of likely N-dealkylation sites (tertiary alicyclic amines) is 1. The van der Waals surface area contributed by atoms with Gasteiger partial charge >= 0.3 is 0 Å². The first-order valence-corrected chi connectivity index (χ1v) is 9.94. The van der Waals surface area contributed by atoms with Gasteiger partial charge in [0.15, 0.2) is 0 Å². The summed E-state index contributed by atoms with van der Waals surface area (Å²) >= 11 is 0. The van der Waals surface area contributed by atoms with E-state index in [-0.39, 0.29) is 11.6 Å². The van der Waals surface area contributed by atoms with Gasteiger partial charge in [0.1, 0.15) is 5.76 Å². The van der Waals surface area contributed by atoms with Crippen LogP contribution in [-0.2, 0) is 13.1 Å². The van der Waals surface area contributed by atoms with Gasteiger partial charge < -0.3 is 4.52 Å². The van der Waals surface area contributed by atoms with Gasteiger partial charge in [-0.2, -0.15) is 5.10 Å². The summed E-state index contributed by atoms with van der Waals surface area (Å²) in [6.07, 6.45) is 9.95. The minimum atomic E-state index is -0.0665. The predicted molar refractivity (Wildman–Crippen MR) is 104 cm³/mol. The molecule has 0 spiro atoms. The monoisotopic (exact) mass is 377 g/mol. The second kappa shape index (κ2) is 7.31. The standard InChI is InChI=1S/C21H23N5O2/c27-20-8-7-19(16-3-1-9-22-11-16)24-26(20)14-18-4-2-10-25(18)13-17-12-23-28-21(17)15-5-6-15/h1,3,7-9,11-12,15,18H,2,4-6,10,13-14H2. The Hall–Kier alpha value is -2.80. The highest BCUT2D eigenvalue weighted by Gasteiger charge is 2.32. The zero-order valence-corrected chi connectivity index (χ0v) is 15.7. The molecule has 0 bridgehead atoms. The zero-order valence-electron chi connectivity index (χ0n) is 15.7. The van der Waals surface area contributed by atoms with Gasteiger partial charge in [-0.1, -0.05) is 5.16 Å². The van der Waals surface area contributed by atoms with Crippen LogP contribution in [0.1, 0.15) is 42.9 Å². The van der Waals surface area contributed by atoms with Gasteiger partial charge in [0, 0.05) is 48.1 Å². The Balaban J connectivity index is 1.35. The van der Waals surface area contributed by atoms with Crippen LogP contribution in [0.15, 0.2) is 52.2 Å². The van der Waals surface area contributed by atoms with Gasteiger partial charge in [0.2, 0.25) is 0 Å². The number of hydrogen-bond acceptors (Lipinski definition) is 6. The first-order valence-electron chi connectivity index (χ1n) is 9.94. The molecule has 1 saturated heterocycles. The number of pyridine rings is 1.